The van der Waals surface area contributed by atoms with Gasteiger partial charge < -0.3 is 0 Å². The lowest BCUT2D eigenvalue weighted by molar-refractivity contribution is -0.384. The predicted octanol–water partition coefficient (Wildman–Crippen LogP) is 7.08. The van der Waals surface area contributed by atoms with Crippen LogP contribution >= 0.6 is 15.9 Å². The van der Waals surface area contributed by atoms with Crippen molar-refractivity contribution in [2.45, 2.75) is 23.3 Å². The van der Waals surface area contributed by atoms with E-state index in [1.165, 1.54) is 12.1 Å². The van der Waals surface area contributed by atoms with E-state index in [1.54, 1.807) is 41.1 Å². The van der Waals surface area contributed by atoms with Gasteiger partial charge in [-0.05, 0) is 36.8 Å². The van der Waals surface area contributed by atoms with E-state index in [0.717, 1.165) is 15.6 Å². The first kappa shape index (κ1) is 25.6. The van der Waals surface area contributed by atoms with Crippen LogP contribution in [0.15, 0.2) is 117 Å². The average Bonchev–Trinajstić information content (AvgIpc) is 3.30. The molecule has 0 amide bonds. The quantitative estimate of drug-likeness (QED) is 0.150. The molecule has 0 aliphatic rings. The molecule has 0 fully saturated rings. The van der Waals surface area contributed by atoms with Gasteiger partial charge in [0, 0.05) is 27.7 Å². The van der Waals surface area contributed by atoms with Gasteiger partial charge in [-0.25, -0.2) is 8.42 Å². The Morgan fingerprint density at radius 1 is 0.842 bits per heavy atom. The molecule has 5 rings (SSSR count). The molecule has 0 atom stereocenters. The molecule has 0 saturated heterocycles. The number of aryl methyl sites for hydroxylation is 1. The fourth-order valence-corrected chi connectivity index (χ4v) is 6.10. The molecule has 38 heavy (non-hydrogen) atoms. The topological polar surface area (TPSA) is 95.1 Å². The predicted molar refractivity (Wildman–Crippen MR) is 150 cm³/mol. The number of nitro groups is 1. The molecule has 0 unspecified atom stereocenters. The molecular weight excluding hydrogens is 566 g/mol. The molecule has 1 heterocycles. The summed E-state index contributed by atoms with van der Waals surface area (Å²) in [6.45, 7) is 2.12. The molecule has 5 aromatic rings. The van der Waals surface area contributed by atoms with Crippen LogP contribution in [0.3, 0.4) is 0 Å². The second kappa shape index (κ2) is 10.4. The lowest BCUT2D eigenvalue weighted by Gasteiger charge is -2.12. The summed E-state index contributed by atoms with van der Waals surface area (Å²) < 4.78 is 31.0. The van der Waals surface area contributed by atoms with Gasteiger partial charge in [0.05, 0.1) is 22.1 Å². The Balaban J connectivity index is 1.78. The van der Waals surface area contributed by atoms with Crippen LogP contribution in [-0.4, -0.2) is 23.1 Å². The van der Waals surface area contributed by atoms with E-state index in [9.17, 15) is 18.5 Å². The second-order valence-corrected chi connectivity index (χ2v) is 11.6. The molecule has 1 aromatic heterocycles. The highest BCUT2D eigenvalue weighted by Gasteiger charge is 2.32. The number of non-ortho nitro benzene ring substituents is 1. The van der Waals surface area contributed by atoms with Crippen LogP contribution in [0.5, 0.6) is 0 Å². The fourth-order valence-electron chi connectivity index (χ4n) is 4.22. The Kier molecular flexibility index (Phi) is 6.96. The first-order valence-electron chi connectivity index (χ1n) is 11.7. The van der Waals surface area contributed by atoms with Crippen LogP contribution in [0.4, 0.5) is 5.69 Å². The number of nitrogens with zero attached hydrogens (tertiary/aromatic N) is 3. The lowest BCUT2D eigenvalue weighted by Crippen LogP contribution is -2.07. The molecule has 0 spiro atoms. The van der Waals surface area contributed by atoms with E-state index in [1.807, 2.05) is 61.5 Å². The van der Waals surface area contributed by atoms with Gasteiger partial charge in [0.1, 0.15) is 10.6 Å². The van der Waals surface area contributed by atoms with Gasteiger partial charge in [0.15, 0.2) is 0 Å². The minimum Gasteiger partial charge on any atom is -0.258 e. The largest absolute Gasteiger partial charge is 0.269 e. The maximum Gasteiger partial charge on any atom is 0.269 e. The highest BCUT2D eigenvalue weighted by Crippen LogP contribution is 2.39. The van der Waals surface area contributed by atoms with Gasteiger partial charge in [0.25, 0.3) is 5.69 Å². The molecule has 4 aromatic carbocycles. The summed E-state index contributed by atoms with van der Waals surface area (Å²) in [5.74, 6) is 0. The second-order valence-electron chi connectivity index (χ2n) is 8.80. The third-order valence-corrected chi connectivity index (χ3v) is 8.50. The van der Waals surface area contributed by atoms with Crippen molar-refractivity contribution in [2.24, 2.45) is 0 Å². The van der Waals surface area contributed by atoms with Crippen molar-refractivity contribution < 1.29 is 13.3 Å². The number of aromatic nitrogens is 2. The first-order valence-corrected chi connectivity index (χ1v) is 14.0. The lowest BCUT2D eigenvalue weighted by atomic mass is 10.1. The zero-order valence-electron chi connectivity index (χ0n) is 20.3. The third kappa shape index (κ3) is 5.03. The Labute approximate surface area is 228 Å². The Morgan fingerprint density at radius 3 is 2.08 bits per heavy atom. The van der Waals surface area contributed by atoms with Crippen molar-refractivity contribution in [3.05, 3.63) is 129 Å². The van der Waals surface area contributed by atoms with Gasteiger partial charge in [-0.15, -0.1) is 0 Å². The van der Waals surface area contributed by atoms with Crippen LogP contribution in [0, 0.1) is 17.0 Å². The van der Waals surface area contributed by atoms with Crippen molar-refractivity contribution >= 4 is 31.5 Å². The number of rotatable bonds is 7. The molecule has 0 N–H and O–H groups in total. The third-order valence-electron chi connectivity index (χ3n) is 6.15. The zero-order chi connectivity index (χ0) is 26.9. The van der Waals surface area contributed by atoms with E-state index in [0.29, 0.717) is 22.5 Å². The number of sulfone groups is 1. The van der Waals surface area contributed by atoms with Gasteiger partial charge in [-0.2, -0.15) is 5.10 Å². The monoisotopic (exact) mass is 587 g/mol. The van der Waals surface area contributed by atoms with Gasteiger partial charge >= 0.3 is 0 Å². The normalized spacial score (nSPS) is 11.4. The fraction of sp³-hybridized carbons (Fsp3) is 0.0690. The SMILES string of the molecule is Cc1ccc(S(=O)(=O)c2c(-c3ccc(Br)cc3)nn(Cc3ccc([N+](=O)[O-])cc3)c2-c2ccccc2)cc1. The first-order chi connectivity index (χ1) is 18.2. The van der Waals surface area contributed by atoms with Crippen LogP contribution in [0.2, 0.25) is 0 Å². The van der Waals surface area contributed by atoms with Crippen molar-refractivity contribution in [2.75, 3.05) is 0 Å². The minimum atomic E-state index is -4.00. The summed E-state index contributed by atoms with van der Waals surface area (Å²) in [5, 5.41) is 16.0. The summed E-state index contributed by atoms with van der Waals surface area (Å²) in [6.07, 6.45) is 0. The van der Waals surface area contributed by atoms with Crippen molar-refractivity contribution in [1.29, 1.82) is 0 Å². The van der Waals surface area contributed by atoms with E-state index in [4.69, 9.17) is 5.10 Å². The number of halogens is 1. The van der Waals surface area contributed by atoms with Crippen LogP contribution < -0.4 is 0 Å². The van der Waals surface area contributed by atoms with Gasteiger partial charge in [0.2, 0.25) is 9.84 Å². The van der Waals surface area contributed by atoms with Crippen LogP contribution in [-0.2, 0) is 16.4 Å². The van der Waals surface area contributed by atoms with Crippen molar-refractivity contribution in [1.82, 2.24) is 9.78 Å². The van der Waals surface area contributed by atoms with E-state index in [2.05, 4.69) is 15.9 Å². The summed E-state index contributed by atoms with van der Waals surface area (Å²) >= 11 is 3.44. The van der Waals surface area contributed by atoms with Crippen LogP contribution in [0.25, 0.3) is 22.5 Å². The molecule has 0 aliphatic heterocycles. The van der Waals surface area contributed by atoms with Gasteiger partial charge in [-0.3, -0.25) is 14.8 Å². The van der Waals surface area contributed by atoms with Crippen molar-refractivity contribution in [3.8, 4) is 22.5 Å². The Bertz CT molecular complexity index is 1710. The van der Waals surface area contributed by atoms with Crippen molar-refractivity contribution in [3.63, 3.8) is 0 Å². The summed E-state index contributed by atoms with van der Waals surface area (Å²) in [4.78, 5) is 11.0. The Hall–Kier alpha value is -4.08. The average molecular weight is 588 g/mol. The minimum absolute atomic E-state index is 0.0179. The highest BCUT2D eigenvalue weighted by atomic mass is 79.9. The van der Waals surface area contributed by atoms with Crippen LogP contribution in [0.1, 0.15) is 11.1 Å². The molecule has 0 saturated carbocycles. The van der Waals surface area contributed by atoms with E-state index >= 15 is 0 Å². The number of nitro benzene ring substituents is 1. The smallest absolute Gasteiger partial charge is 0.258 e. The molecule has 0 aliphatic carbocycles. The summed E-state index contributed by atoms with van der Waals surface area (Å²) in [5.41, 5.74) is 3.80. The zero-order valence-corrected chi connectivity index (χ0v) is 22.7. The molecule has 0 bridgehead atoms. The number of hydrogen-bond acceptors (Lipinski definition) is 5. The molecule has 7 nitrogen and oxygen atoms in total. The summed E-state index contributed by atoms with van der Waals surface area (Å²) in [6, 6.07) is 29.5. The maximum absolute atomic E-state index is 14.2. The Morgan fingerprint density at radius 2 is 1.47 bits per heavy atom. The molecule has 0 radical (unpaired) electrons. The maximum atomic E-state index is 14.2. The number of hydrogen-bond donors (Lipinski definition) is 0. The molecular formula is C29H22BrN3O4S. The summed E-state index contributed by atoms with van der Waals surface area (Å²) in [7, 11) is -4.00. The standard InChI is InChI=1S/C29H22BrN3O4S/c1-20-7-17-26(18-8-20)38(36,37)29-27(22-11-13-24(30)14-12-22)31-32(28(29)23-5-3-2-4-6-23)19-21-9-15-25(16-10-21)33(34)35/h2-18H,19H2,1H3. The molecule has 9 heteroatoms. The number of benzene rings is 4. The highest BCUT2D eigenvalue weighted by molar-refractivity contribution is 9.10. The van der Waals surface area contributed by atoms with E-state index in [-0.39, 0.29) is 22.0 Å². The van der Waals surface area contributed by atoms with E-state index < -0.39 is 14.8 Å². The molecule has 190 valence electrons. The van der Waals surface area contributed by atoms with Gasteiger partial charge in [-0.1, -0.05) is 88.2 Å².